The minimum atomic E-state index is -0.991. The quantitative estimate of drug-likeness (QED) is 0.343. The molecule has 2 aromatic heterocycles. The zero-order chi connectivity index (χ0) is 28.0. The Bertz CT molecular complexity index is 1650. The second-order valence-corrected chi connectivity index (χ2v) is 10.6. The third kappa shape index (κ3) is 4.71. The molecular formula is C29H29ClFN5O3. The highest BCUT2D eigenvalue weighted by Gasteiger charge is 2.30. The summed E-state index contributed by atoms with van der Waals surface area (Å²) >= 11 is 6.72. The largest absolute Gasteiger partial charge is 0.465 e. The maximum absolute atomic E-state index is 14.9. The zero-order valence-corrected chi connectivity index (χ0v) is 22.9. The van der Waals surface area contributed by atoms with Crippen LogP contribution in [0.5, 0.6) is 0 Å². The van der Waals surface area contributed by atoms with Crippen molar-refractivity contribution in [1.82, 2.24) is 19.4 Å². The Kier molecular flexibility index (Phi) is 7.03. The SMILES string of the molecule is Cc1cccc(C(C)C)c1-n1c(=O)nc(N2CCN(C(=O)O)C[C@@H]2C)c2cc(Cl)c(-c3ccccc3F)nc21. The van der Waals surface area contributed by atoms with E-state index >= 15 is 0 Å². The number of aromatic nitrogens is 3. The predicted molar refractivity (Wildman–Crippen MR) is 151 cm³/mol. The van der Waals surface area contributed by atoms with Gasteiger partial charge in [-0.15, -0.1) is 0 Å². The molecule has 8 nitrogen and oxygen atoms in total. The van der Waals surface area contributed by atoms with Crippen molar-refractivity contribution in [3.63, 3.8) is 0 Å². The van der Waals surface area contributed by atoms with Crippen LogP contribution in [-0.2, 0) is 0 Å². The molecule has 5 rings (SSSR count). The van der Waals surface area contributed by atoms with Gasteiger partial charge in [0.1, 0.15) is 11.6 Å². The molecule has 2 aromatic carbocycles. The molecule has 0 saturated carbocycles. The summed E-state index contributed by atoms with van der Waals surface area (Å²) in [7, 11) is 0. The fraction of sp³-hybridized carbons (Fsp3) is 0.310. The van der Waals surface area contributed by atoms with Crippen LogP contribution in [0.4, 0.5) is 15.0 Å². The van der Waals surface area contributed by atoms with E-state index in [0.29, 0.717) is 29.1 Å². The van der Waals surface area contributed by atoms with Crippen molar-refractivity contribution in [2.45, 2.75) is 39.7 Å². The predicted octanol–water partition coefficient (Wildman–Crippen LogP) is 5.86. The lowest BCUT2D eigenvalue weighted by molar-refractivity contribution is 0.136. The van der Waals surface area contributed by atoms with Crippen molar-refractivity contribution >= 4 is 34.5 Å². The van der Waals surface area contributed by atoms with Gasteiger partial charge >= 0.3 is 11.8 Å². The standard InChI is InChI=1S/C29H29ClFN5O3/c1-16(2)19-10-7-8-17(3)25(19)36-27-21(14-22(30)24(32-27)20-9-5-6-11-23(20)31)26(33-28(36)37)35-13-12-34(29(38)39)15-18(35)4/h5-11,14,16,18H,12-13,15H2,1-4H3,(H,38,39)/t18-/m0/s1. The molecule has 1 atom stereocenters. The van der Waals surface area contributed by atoms with E-state index in [4.69, 9.17) is 16.6 Å². The van der Waals surface area contributed by atoms with E-state index in [1.54, 1.807) is 24.3 Å². The number of pyridine rings is 1. The molecule has 1 aliphatic rings. The summed E-state index contributed by atoms with van der Waals surface area (Å²) < 4.78 is 16.4. The van der Waals surface area contributed by atoms with Gasteiger partial charge in [-0.3, -0.25) is 0 Å². The van der Waals surface area contributed by atoms with Gasteiger partial charge in [0, 0.05) is 31.2 Å². The average molecular weight is 550 g/mol. The number of carboxylic acid groups (broad SMARTS) is 1. The van der Waals surface area contributed by atoms with Gasteiger partial charge in [-0.05, 0) is 49.1 Å². The monoisotopic (exact) mass is 549 g/mol. The molecule has 202 valence electrons. The Morgan fingerprint density at radius 3 is 2.54 bits per heavy atom. The van der Waals surface area contributed by atoms with Crippen molar-refractivity contribution in [3.8, 4) is 16.9 Å². The molecule has 39 heavy (non-hydrogen) atoms. The fourth-order valence-electron chi connectivity index (χ4n) is 5.27. The smallest absolute Gasteiger partial charge is 0.407 e. The third-order valence-electron chi connectivity index (χ3n) is 7.22. The van der Waals surface area contributed by atoms with Crippen molar-refractivity contribution in [1.29, 1.82) is 0 Å². The van der Waals surface area contributed by atoms with Crippen LogP contribution in [0.1, 0.15) is 37.8 Å². The summed E-state index contributed by atoms with van der Waals surface area (Å²) in [5, 5.41) is 10.2. The van der Waals surface area contributed by atoms with E-state index in [2.05, 4.69) is 4.98 Å². The summed E-state index contributed by atoms with van der Waals surface area (Å²) in [5.74, 6) is -0.00598. The zero-order valence-electron chi connectivity index (χ0n) is 22.2. The van der Waals surface area contributed by atoms with Crippen LogP contribution in [0.15, 0.2) is 53.3 Å². The number of carbonyl (C=O) groups is 1. The maximum Gasteiger partial charge on any atom is 0.407 e. The average Bonchev–Trinajstić information content (AvgIpc) is 2.89. The Morgan fingerprint density at radius 2 is 1.87 bits per heavy atom. The molecule has 3 heterocycles. The molecule has 1 N–H and O–H groups in total. The van der Waals surface area contributed by atoms with Crippen molar-refractivity contribution in [3.05, 3.63) is 81.0 Å². The van der Waals surface area contributed by atoms with Crippen LogP contribution in [0, 0.1) is 12.7 Å². The number of piperazine rings is 1. The van der Waals surface area contributed by atoms with Crippen LogP contribution in [0.2, 0.25) is 5.02 Å². The van der Waals surface area contributed by atoms with E-state index in [0.717, 1.165) is 11.1 Å². The molecule has 4 aromatic rings. The molecule has 0 bridgehead atoms. The summed E-state index contributed by atoms with van der Waals surface area (Å²) in [6.45, 7) is 8.76. The Labute approximate surface area is 230 Å². The molecule has 0 spiro atoms. The van der Waals surface area contributed by atoms with Gasteiger partial charge in [0.25, 0.3) is 0 Å². The molecule has 0 radical (unpaired) electrons. The molecule has 1 fully saturated rings. The molecule has 10 heteroatoms. The topological polar surface area (TPSA) is 91.6 Å². The lowest BCUT2D eigenvalue weighted by atomic mass is 9.98. The number of amides is 1. The van der Waals surface area contributed by atoms with E-state index in [1.165, 1.54) is 15.5 Å². The number of hydrogen-bond acceptors (Lipinski definition) is 5. The first-order chi connectivity index (χ1) is 18.6. The van der Waals surface area contributed by atoms with Gasteiger partial charge in [0.05, 0.1) is 21.8 Å². The second-order valence-electron chi connectivity index (χ2n) is 10.2. The molecular weight excluding hydrogens is 521 g/mol. The molecule has 0 aliphatic carbocycles. The van der Waals surface area contributed by atoms with Gasteiger partial charge in [0.2, 0.25) is 0 Å². The summed E-state index contributed by atoms with van der Waals surface area (Å²) in [5.41, 5.74) is 2.70. The first-order valence-corrected chi connectivity index (χ1v) is 13.2. The molecule has 1 saturated heterocycles. The van der Waals surface area contributed by atoms with Crippen molar-refractivity contribution in [2.75, 3.05) is 24.5 Å². The van der Waals surface area contributed by atoms with Gasteiger partial charge < -0.3 is 14.9 Å². The highest BCUT2D eigenvalue weighted by atomic mass is 35.5. The number of fused-ring (bicyclic) bond motifs is 1. The number of halogens is 2. The van der Waals surface area contributed by atoms with Crippen LogP contribution in [-0.4, -0.2) is 56.3 Å². The molecule has 0 unspecified atom stereocenters. The number of aryl methyl sites for hydroxylation is 1. The minimum Gasteiger partial charge on any atom is -0.465 e. The highest BCUT2D eigenvalue weighted by molar-refractivity contribution is 6.33. The van der Waals surface area contributed by atoms with E-state index in [-0.39, 0.29) is 41.3 Å². The first-order valence-electron chi connectivity index (χ1n) is 12.8. The molecule has 1 aliphatic heterocycles. The van der Waals surface area contributed by atoms with Crippen molar-refractivity contribution < 1.29 is 14.3 Å². The van der Waals surface area contributed by atoms with E-state index in [1.807, 2.05) is 50.8 Å². The van der Waals surface area contributed by atoms with Gasteiger partial charge in [-0.1, -0.05) is 55.8 Å². The number of hydrogen-bond donors (Lipinski definition) is 1. The van der Waals surface area contributed by atoms with Gasteiger partial charge in [-0.2, -0.15) is 4.98 Å². The van der Waals surface area contributed by atoms with Gasteiger partial charge in [-0.25, -0.2) is 23.5 Å². The van der Waals surface area contributed by atoms with E-state index < -0.39 is 17.6 Å². The Morgan fingerprint density at radius 1 is 1.13 bits per heavy atom. The highest BCUT2D eigenvalue weighted by Crippen LogP contribution is 2.36. The Hall–Kier alpha value is -3.98. The number of nitrogens with zero attached hydrogens (tertiary/aromatic N) is 5. The van der Waals surface area contributed by atoms with Gasteiger partial charge in [0.15, 0.2) is 5.65 Å². The lowest BCUT2D eigenvalue weighted by Gasteiger charge is -2.39. The van der Waals surface area contributed by atoms with Crippen LogP contribution in [0.25, 0.3) is 28.0 Å². The number of para-hydroxylation sites is 1. The summed E-state index contributed by atoms with van der Waals surface area (Å²) in [6.07, 6.45) is -0.991. The number of benzene rings is 2. The first kappa shape index (κ1) is 26.6. The van der Waals surface area contributed by atoms with Crippen LogP contribution >= 0.6 is 11.6 Å². The maximum atomic E-state index is 14.9. The number of anilines is 1. The third-order valence-corrected chi connectivity index (χ3v) is 7.50. The molecule has 1 amide bonds. The summed E-state index contributed by atoms with van der Waals surface area (Å²) in [6, 6.07) is 13.5. The Balaban J connectivity index is 1.84. The second kappa shape index (κ2) is 10.3. The minimum absolute atomic E-state index is 0.101. The van der Waals surface area contributed by atoms with E-state index in [9.17, 15) is 19.1 Å². The van der Waals surface area contributed by atoms with Crippen LogP contribution < -0.4 is 10.6 Å². The summed E-state index contributed by atoms with van der Waals surface area (Å²) in [4.78, 5) is 38.0. The van der Waals surface area contributed by atoms with Crippen molar-refractivity contribution in [2.24, 2.45) is 0 Å². The number of rotatable bonds is 4. The fourth-order valence-corrected chi connectivity index (χ4v) is 5.52. The normalized spacial score (nSPS) is 15.8. The lowest BCUT2D eigenvalue weighted by Crippen LogP contribution is -2.54. The van der Waals surface area contributed by atoms with Crippen LogP contribution in [0.3, 0.4) is 0 Å².